The van der Waals surface area contributed by atoms with Crippen molar-refractivity contribution >= 4 is 21.7 Å². The van der Waals surface area contributed by atoms with Gasteiger partial charge in [0.15, 0.2) is 0 Å². The Morgan fingerprint density at radius 2 is 2.00 bits per heavy atom. The lowest BCUT2D eigenvalue weighted by Crippen LogP contribution is -2.40. The molecule has 0 saturated carbocycles. The van der Waals surface area contributed by atoms with Crippen molar-refractivity contribution < 1.29 is 13.2 Å². The molecule has 7 nitrogen and oxygen atoms in total. The van der Waals surface area contributed by atoms with Gasteiger partial charge in [0.25, 0.3) is 0 Å². The van der Waals surface area contributed by atoms with Gasteiger partial charge >= 0.3 is 6.03 Å². The van der Waals surface area contributed by atoms with Gasteiger partial charge in [-0.3, -0.25) is 4.72 Å². The Morgan fingerprint density at radius 3 is 2.67 bits per heavy atom. The molecule has 0 unspecified atom stereocenters. The van der Waals surface area contributed by atoms with Crippen molar-refractivity contribution in [3.8, 4) is 0 Å². The molecule has 1 fully saturated rings. The predicted molar refractivity (Wildman–Crippen MR) is 95.5 cm³/mol. The molecule has 3 N–H and O–H groups in total. The molecule has 0 aromatic heterocycles. The standard InChI is InChI=1S/C16H26N4O3S/c1-13(14-6-5-7-15(12-14)19-24(2,22)23)18-16(21)17-8-11-20-9-3-4-10-20/h5-7,12-13,19H,3-4,8-11H2,1-2H3,(H2,17,18,21)/t13-/m1/s1. The van der Waals surface area contributed by atoms with Gasteiger partial charge in [-0.05, 0) is 50.6 Å². The summed E-state index contributed by atoms with van der Waals surface area (Å²) in [4.78, 5) is 14.3. The van der Waals surface area contributed by atoms with Gasteiger partial charge in [0.05, 0.1) is 12.3 Å². The summed E-state index contributed by atoms with van der Waals surface area (Å²) in [7, 11) is -3.32. The first-order valence-electron chi connectivity index (χ1n) is 8.18. The zero-order valence-electron chi connectivity index (χ0n) is 14.2. The fourth-order valence-corrected chi connectivity index (χ4v) is 3.31. The maximum atomic E-state index is 12.0. The average Bonchev–Trinajstić information content (AvgIpc) is 2.99. The summed E-state index contributed by atoms with van der Waals surface area (Å²) in [6, 6.07) is 6.56. The number of anilines is 1. The molecule has 0 radical (unpaired) electrons. The Balaban J connectivity index is 1.81. The normalized spacial score (nSPS) is 16.6. The Hall–Kier alpha value is -1.80. The van der Waals surface area contributed by atoms with Crippen molar-refractivity contribution in [3.05, 3.63) is 29.8 Å². The van der Waals surface area contributed by atoms with Gasteiger partial charge < -0.3 is 15.5 Å². The number of nitrogens with zero attached hydrogens (tertiary/aromatic N) is 1. The van der Waals surface area contributed by atoms with Crippen LogP contribution in [0.15, 0.2) is 24.3 Å². The lowest BCUT2D eigenvalue weighted by molar-refractivity contribution is 0.235. The van der Waals surface area contributed by atoms with Gasteiger partial charge in [-0.15, -0.1) is 0 Å². The van der Waals surface area contributed by atoms with Crippen LogP contribution in [0.3, 0.4) is 0 Å². The number of nitrogens with one attached hydrogen (secondary N) is 3. The molecule has 1 aliphatic heterocycles. The zero-order valence-corrected chi connectivity index (χ0v) is 15.0. The predicted octanol–water partition coefficient (Wildman–Crippen LogP) is 1.51. The maximum Gasteiger partial charge on any atom is 0.315 e. The SMILES string of the molecule is C[C@@H](NC(=O)NCCN1CCCC1)c1cccc(NS(C)(=O)=O)c1. The van der Waals surface area contributed by atoms with Crippen molar-refractivity contribution in [2.45, 2.75) is 25.8 Å². The first kappa shape index (κ1) is 18.5. The van der Waals surface area contributed by atoms with E-state index in [1.165, 1.54) is 12.8 Å². The van der Waals surface area contributed by atoms with E-state index in [-0.39, 0.29) is 12.1 Å². The van der Waals surface area contributed by atoms with Gasteiger partial charge in [0, 0.05) is 18.8 Å². The highest BCUT2D eigenvalue weighted by Crippen LogP contribution is 2.18. The smallest absolute Gasteiger partial charge is 0.315 e. The molecule has 0 spiro atoms. The Morgan fingerprint density at radius 1 is 1.29 bits per heavy atom. The topological polar surface area (TPSA) is 90.5 Å². The summed E-state index contributed by atoms with van der Waals surface area (Å²) in [5.74, 6) is 0. The molecule has 0 bridgehead atoms. The van der Waals surface area contributed by atoms with Crippen molar-refractivity contribution in [1.29, 1.82) is 0 Å². The molecule has 2 amide bonds. The molecule has 1 aliphatic rings. The molecular formula is C16H26N4O3S. The summed E-state index contributed by atoms with van der Waals surface area (Å²) in [5, 5.41) is 5.73. The van der Waals surface area contributed by atoms with E-state index in [1.54, 1.807) is 18.2 Å². The van der Waals surface area contributed by atoms with Crippen LogP contribution in [0, 0.1) is 0 Å². The van der Waals surface area contributed by atoms with Gasteiger partial charge in [0.1, 0.15) is 0 Å². The van der Waals surface area contributed by atoms with E-state index in [0.717, 1.165) is 31.5 Å². The van der Waals surface area contributed by atoms with Gasteiger partial charge in [-0.1, -0.05) is 12.1 Å². The third kappa shape index (κ3) is 6.37. The molecule has 2 rings (SSSR count). The molecule has 8 heteroatoms. The molecule has 0 aliphatic carbocycles. The first-order chi connectivity index (χ1) is 11.3. The lowest BCUT2D eigenvalue weighted by atomic mass is 10.1. The molecule has 1 atom stereocenters. The van der Waals surface area contributed by atoms with Crippen molar-refractivity contribution in [2.75, 3.05) is 37.2 Å². The number of amides is 2. The van der Waals surface area contributed by atoms with Crippen molar-refractivity contribution in [2.24, 2.45) is 0 Å². The highest BCUT2D eigenvalue weighted by molar-refractivity contribution is 7.92. The van der Waals surface area contributed by atoms with E-state index >= 15 is 0 Å². The summed E-state index contributed by atoms with van der Waals surface area (Å²) < 4.78 is 25.0. The van der Waals surface area contributed by atoms with Crippen LogP contribution in [0.5, 0.6) is 0 Å². The second-order valence-corrected chi connectivity index (χ2v) is 7.92. The number of sulfonamides is 1. The minimum atomic E-state index is -3.32. The van der Waals surface area contributed by atoms with E-state index in [2.05, 4.69) is 20.3 Å². The molecule has 24 heavy (non-hydrogen) atoms. The summed E-state index contributed by atoms with van der Waals surface area (Å²) >= 11 is 0. The third-order valence-electron chi connectivity index (χ3n) is 3.95. The Labute approximate surface area is 143 Å². The van der Waals surface area contributed by atoms with Crippen LogP contribution in [-0.2, 0) is 10.0 Å². The van der Waals surface area contributed by atoms with Gasteiger partial charge in [-0.2, -0.15) is 0 Å². The highest BCUT2D eigenvalue weighted by atomic mass is 32.2. The van der Waals surface area contributed by atoms with Crippen molar-refractivity contribution in [3.63, 3.8) is 0 Å². The van der Waals surface area contributed by atoms with Crippen LogP contribution in [-0.4, -0.2) is 51.8 Å². The van der Waals surface area contributed by atoms with E-state index in [4.69, 9.17) is 0 Å². The molecule has 1 heterocycles. The number of hydrogen-bond donors (Lipinski definition) is 3. The van der Waals surface area contributed by atoms with Crippen LogP contribution in [0.25, 0.3) is 0 Å². The fraction of sp³-hybridized carbons (Fsp3) is 0.562. The number of carbonyl (C=O) groups is 1. The van der Waals surface area contributed by atoms with E-state index in [1.807, 2.05) is 13.0 Å². The van der Waals surface area contributed by atoms with Crippen molar-refractivity contribution in [1.82, 2.24) is 15.5 Å². The molecule has 134 valence electrons. The second-order valence-electron chi connectivity index (χ2n) is 6.17. The van der Waals surface area contributed by atoms with Gasteiger partial charge in [0.2, 0.25) is 10.0 Å². The number of urea groups is 1. The third-order valence-corrected chi connectivity index (χ3v) is 4.56. The summed E-state index contributed by atoms with van der Waals surface area (Å²) in [6.45, 7) is 5.57. The number of benzene rings is 1. The van der Waals surface area contributed by atoms with Crippen LogP contribution in [0.1, 0.15) is 31.4 Å². The van der Waals surface area contributed by atoms with E-state index < -0.39 is 10.0 Å². The number of likely N-dealkylation sites (tertiary alicyclic amines) is 1. The van der Waals surface area contributed by atoms with E-state index in [9.17, 15) is 13.2 Å². The minimum absolute atomic E-state index is 0.219. The van der Waals surface area contributed by atoms with Crippen LogP contribution in [0.2, 0.25) is 0 Å². The van der Waals surface area contributed by atoms with Gasteiger partial charge in [-0.25, -0.2) is 13.2 Å². The molecule has 1 saturated heterocycles. The van der Waals surface area contributed by atoms with Crippen LogP contribution >= 0.6 is 0 Å². The number of carbonyl (C=O) groups excluding carboxylic acids is 1. The first-order valence-corrected chi connectivity index (χ1v) is 10.1. The summed E-state index contributed by atoms with van der Waals surface area (Å²) in [5.41, 5.74) is 1.32. The highest BCUT2D eigenvalue weighted by Gasteiger charge is 2.13. The fourth-order valence-electron chi connectivity index (χ4n) is 2.75. The lowest BCUT2D eigenvalue weighted by Gasteiger charge is -2.18. The molecular weight excluding hydrogens is 328 g/mol. The average molecular weight is 354 g/mol. The zero-order chi connectivity index (χ0) is 17.6. The largest absolute Gasteiger partial charge is 0.337 e. The Kier molecular flexibility index (Phi) is 6.44. The number of hydrogen-bond acceptors (Lipinski definition) is 4. The van der Waals surface area contributed by atoms with Crippen LogP contribution < -0.4 is 15.4 Å². The van der Waals surface area contributed by atoms with E-state index in [0.29, 0.717) is 12.2 Å². The summed E-state index contributed by atoms with van der Waals surface area (Å²) in [6.07, 6.45) is 3.58. The monoisotopic (exact) mass is 354 g/mol. The quantitative estimate of drug-likeness (QED) is 0.692. The Bertz CT molecular complexity index is 657. The second kappa shape index (κ2) is 8.34. The number of rotatable bonds is 7. The maximum absolute atomic E-state index is 12.0. The minimum Gasteiger partial charge on any atom is -0.337 e. The van der Waals surface area contributed by atoms with Crippen LogP contribution in [0.4, 0.5) is 10.5 Å². The molecule has 1 aromatic carbocycles. The molecule has 1 aromatic rings.